The number of nitrogens with zero attached hydrogens (tertiary/aromatic N) is 4. The molecular formula is C27H30N4O9. The topological polar surface area (TPSA) is 162 Å². The van der Waals surface area contributed by atoms with E-state index in [0.29, 0.717) is 0 Å². The molecule has 2 aliphatic heterocycles. The van der Waals surface area contributed by atoms with E-state index in [9.17, 15) is 34.6 Å². The molecule has 2 aromatic rings. The SMILES string of the molecule is CCOC(=O)[C@]12CN(C)C[C@](C(=O)OCC)(C1=O)[C@@H](c1cccc([N+](=O)[O-])c1)N(C)[C@H]2c1cccc([N+](=O)[O-])c1. The lowest BCUT2D eigenvalue weighted by Gasteiger charge is -2.60. The number of fused-ring (bicyclic) bond motifs is 2. The van der Waals surface area contributed by atoms with Crippen LogP contribution >= 0.6 is 0 Å². The van der Waals surface area contributed by atoms with E-state index in [2.05, 4.69) is 0 Å². The van der Waals surface area contributed by atoms with Gasteiger partial charge in [0, 0.05) is 37.4 Å². The zero-order chi connectivity index (χ0) is 29.4. The van der Waals surface area contributed by atoms with E-state index in [1.807, 2.05) is 0 Å². The standard InChI is InChI=1S/C27H30N4O9/c1-5-39-24(33)26-15-28(3)16-27(23(26)32,25(34)40-6-2)22(18-10-8-12-20(14-18)31(37)38)29(4)21(26)17-9-7-11-19(13-17)30(35)36/h7-14,21-22H,5-6,15-16H2,1-4H3/t21-,22+,26-,27+. The third-order valence-electron chi connectivity index (χ3n) is 7.67. The average Bonchev–Trinajstić information content (AvgIpc) is 2.91. The molecular weight excluding hydrogens is 524 g/mol. The van der Waals surface area contributed by atoms with Gasteiger partial charge in [-0.15, -0.1) is 0 Å². The van der Waals surface area contributed by atoms with Gasteiger partial charge in [0.15, 0.2) is 16.6 Å². The largest absolute Gasteiger partial charge is 0.465 e. The fourth-order valence-electron chi connectivity index (χ4n) is 6.43. The van der Waals surface area contributed by atoms with Crippen LogP contribution in [0, 0.1) is 31.1 Å². The van der Waals surface area contributed by atoms with Gasteiger partial charge < -0.3 is 14.4 Å². The first-order valence-electron chi connectivity index (χ1n) is 12.7. The van der Waals surface area contributed by atoms with Gasteiger partial charge in [-0.2, -0.15) is 0 Å². The molecule has 0 N–H and O–H groups in total. The molecule has 0 amide bonds. The molecule has 2 bridgehead atoms. The fraction of sp³-hybridized carbons (Fsp3) is 0.444. The highest BCUT2D eigenvalue weighted by Gasteiger charge is 2.74. The van der Waals surface area contributed by atoms with Gasteiger partial charge in [-0.3, -0.25) is 39.5 Å². The predicted octanol–water partition coefficient (Wildman–Crippen LogP) is 2.84. The molecule has 4 rings (SSSR count). The number of rotatable bonds is 8. The number of benzene rings is 2. The van der Waals surface area contributed by atoms with Gasteiger partial charge in [0.25, 0.3) is 11.4 Å². The summed E-state index contributed by atoms with van der Waals surface area (Å²) in [7, 11) is 3.24. The first kappa shape index (κ1) is 28.8. The van der Waals surface area contributed by atoms with Crippen molar-refractivity contribution >= 4 is 29.1 Å². The molecule has 0 aromatic heterocycles. The van der Waals surface area contributed by atoms with Crippen LogP contribution in [0.25, 0.3) is 0 Å². The van der Waals surface area contributed by atoms with Gasteiger partial charge >= 0.3 is 11.9 Å². The molecule has 40 heavy (non-hydrogen) atoms. The Balaban J connectivity index is 2.10. The van der Waals surface area contributed by atoms with E-state index < -0.39 is 50.5 Å². The van der Waals surface area contributed by atoms with Crippen LogP contribution in [0.4, 0.5) is 11.4 Å². The van der Waals surface area contributed by atoms with Crippen LogP contribution in [0.1, 0.15) is 37.1 Å². The molecule has 0 aliphatic carbocycles. The Labute approximate surface area is 229 Å². The van der Waals surface area contributed by atoms with Crippen molar-refractivity contribution in [1.82, 2.24) is 9.80 Å². The zero-order valence-electron chi connectivity index (χ0n) is 22.6. The molecule has 0 spiro atoms. The summed E-state index contributed by atoms with van der Waals surface area (Å²) < 4.78 is 10.9. The van der Waals surface area contributed by atoms with Crippen molar-refractivity contribution in [3.63, 3.8) is 0 Å². The van der Waals surface area contributed by atoms with Crippen molar-refractivity contribution in [2.75, 3.05) is 40.4 Å². The van der Waals surface area contributed by atoms with Crippen LogP contribution in [0.15, 0.2) is 48.5 Å². The summed E-state index contributed by atoms with van der Waals surface area (Å²) >= 11 is 0. The molecule has 13 heteroatoms. The highest BCUT2D eigenvalue weighted by molar-refractivity contribution is 6.17. The second kappa shape index (κ2) is 10.7. The molecule has 2 saturated heterocycles. The van der Waals surface area contributed by atoms with Gasteiger partial charge in [0.2, 0.25) is 0 Å². The number of non-ortho nitro benzene ring substituents is 2. The summed E-state index contributed by atoms with van der Waals surface area (Å²) in [6.45, 7) is 2.81. The molecule has 13 nitrogen and oxygen atoms in total. The van der Waals surface area contributed by atoms with Crippen molar-refractivity contribution in [3.8, 4) is 0 Å². The number of hydrogen-bond acceptors (Lipinski definition) is 11. The first-order valence-corrected chi connectivity index (χ1v) is 12.7. The van der Waals surface area contributed by atoms with Gasteiger partial charge in [-0.25, -0.2) is 0 Å². The lowest BCUT2D eigenvalue weighted by molar-refractivity contribution is -0.385. The molecule has 212 valence electrons. The van der Waals surface area contributed by atoms with E-state index in [1.54, 1.807) is 49.9 Å². The molecule has 0 radical (unpaired) electrons. The number of likely N-dealkylation sites (tertiary alicyclic amines) is 2. The highest BCUT2D eigenvalue weighted by atomic mass is 16.6. The van der Waals surface area contributed by atoms with Crippen molar-refractivity contribution in [2.24, 2.45) is 10.8 Å². The van der Waals surface area contributed by atoms with E-state index in [4.69, 9.17) is 9.47 Å². The minimum Gasteiger partial charge on any atom is -0.465 e. The first-order chi connectivity index (χ1) is 18.9. The van der Waals surface area contributed by atoms with Crippen LogP contribution in [0.3, 0.4) is 0 Å². The van der Waals surface area contributed by atoms with Crippen LogP contribution in [-0.4, -0.2) is 77.8 Å². The van der Waals surface area contributed by atoms with Crippen LogP contribution in [-0.2, 0) is 23.9 Å². The third kappa shape index (κ3) is 4.31. The summed E-state index contributed by atoms with van der Waals surface area (Å²) in [6.07, 6.45) is 0. The Morgan fingerprint density at radius 1 is 0.850 bits per heavy atom. The number of ketones is 1. The zero-order valence-corrected chi connectivity index (χ0v) is 22.6. The maximum Gasteiger partial charge on any atom is 0.322 e. The van der Waals surface area contributed by atoms with Crippen molar-refractivity contribution < 1.29 is 33.7 Å². The summed E-state index contributed by atoms with van der Waals surface area (Å²) in [5.41, 5.74) is -3.90. The van der Waals surface area contributed by atoms with E-state index in [-0.39, 0.29) is 48.8 Å². The maximum absolute atomic E-state index is 14.9. The summed E-state index contributed by atoms with van der Waals surface area (Å²) in [4.78, 5) is 68.1. The molecule has 0 unspecified atom stereocenters. The number of carbonyl (C=O) groups excluding carboxylic acids is 3. The molecule has 2 aliphatic rings. The second-order valence-corrected chi connectivity index (χ2v) is 10.1. The highest BCUT2D eigenvalue weighted by Crippen LogP contribution is 2.60. The fourth-order valence-corrected chi connectivity index (χ4v) is 6.43. The number of ether oxygens (including phenoxy) is 2. The lowest BCUT2D eigenvalue weighted by Crippen LogP contribution is -2.75. The number of esters is 2. The Bertz CT molecular complexity index is 1280. The molecule has 2 fully saturated rings. The van der Waals surface area contributed by atoms with Crippen molar-refractivity contribution in [1.29, 1.82) is 0 Å². The van der Waals surface area contributed by atoms with E-state index >= 15 is 0 Å². The van der Waals surface area contributed by atoms with Gasteiger partial charge in [0.1, 0.15) is 0 Å². The smallest absolute Gasteiger partial charge is 0.322 e. The molecule has 2 heterocycles. The number of Topliss-reactive ketones (excluding diaryl/α,β-unsaturated/α-hetero) is 1. The number of piperidine rings is 2. The molecule has 4 atom stereocenters. The minimum atomic E-state index is -1.98. The molecule has 0 saturated carbocycles. The van der Waals surface area contributed by atoms with E-state index in [1.165, 1.54) is 36.4 Å². The minimum absolute atomic E-state index is 0.0519. The quantitative estimate of drug-likeness (QED) is 0.204. The normalized spacial score (nSPS) is 26.6. The van der Waals surface area contributed by atoms with Gasteiger partial charge in [-0.05, 0) is 39.1 Å². The Kier molecular flexibility index (Phi) is 7.72. The number of carbonyl (C=O) groups is 3. The monoisotopic (exact) mass is 554 g/mol. The van der Waals surface area contributed by atoms with Crippen molar-refractivity contribution in [2.45, 2.75) is 25.9 Å². The van der Waals surface area contributed by atoms with Gasteiger partial charge in [-0.1, -0.05) is 24.3 Å². The van der Waals surface area contributed by atoms with Crippen LogP contribution in [0.2, 0.25) is 0 Å². The lowest BCUT2D eigenvalue weighted by atomic mass is 9.54. The number of nitro groups is 2. The van der Waals surface area contributed by atoms with Crippen LogP contribution < -0.4 is 0 Å². The second-order valence-electron chi connectivity index (χ2n) is 10.1. The number of nitro benzene ring substituents is 2. The summed E-state index contributed by atoms with van der Waals surface area (Å²) in [5.74, 6) is -2.50. The Hall–Kier alpha value is -4.23. The van der Waals surface area contributed by atoms with Gasteiger partial charge in [0.05, 0.1) is 35.1 Å². The Morgan fingerprint density at radius 3 is 1.60 bits per heavy atom. The number of hydrogen-bond donors (Lipinski definition) is 0. The predicted molar refractivity (Wildman–Crippen MR) is 140 cm³/mol. The summed E-state index contributed by atoms with van der Waals surface area (Å²) in [6, 6.07) is 8.93. The van der Waals surface area contributed by atoms with E-state index in [0.717, 1.165) is 0 Å². The molecule has 2 aromatic carbocycles. The van der Waals surface area contributed by atoms with Crippen LogP contribution in [0.5, 0.6) is 0 Å². The van der Waals surface area contributed by atoms with Crippen molar-refractivity contribution in [3.05, 3.63) is 79.9 Å². The maximum atomic E-state index is 14.9. The summed E-state index contributed by atoms with van der Waals surface area (Å²) in [5, 5.41) is 23.3. The Morgan fingerprint density at radius 2 is 1.25 bits per heavy atom. The average molecular weight is 555 g/mol. The third-order valence-corrected chi connectivity index (χ3v) is 7.67.